The van der Waals surface area contributed by atoms with Gasteiger partial charge in [0.25, 0.3) is 0 Å². The molecule has 3 N–H and O–H groups in total. The predicted octanol–water partition coefficient (Wildman–Crippen LogP) is 0.620. The Hall–Kier alpha value is -1.00. The summed E-state index contributed by atoms with van der Waals surface area (Å²) in [5.74, 6) is 0.491. The van der Waals surface area contributed by atoms with Crippen LogP contribution in [0.15, 0.2) is 0 Å². The summed E-state index contributed by atoms with van der Waals surface area (Å²) in [6, 6.07) is 1.83. The molecule has 0 bridgehead atoms. The van der Waals surface area contributed by atoms with E-state index in [1.807, 2.05) is 26.2 Å². The maximum atomic E-state index is 11.8. The van der Waals surface area contributed by atoms with Crippen molar-refractivity contribution in [2.24, 2.45) is 0 Å². The number of rotatable bonds is 7. The maximum Gasteiger partial charge on any atom is 0.243 e. The van der Waals surface area contributed by atoms with Crippen LogP contribution < -0.4 is 16.0 Å². The van der Waals surface area contributed by atoms with Crippen LogP contribution in [0.2, 0.25) is 0 Å². The van der Waals surface area contributed by atoms with E-state index in [9.17, 15) is 4.79 Å². The van der Waals surface area contributed by atoms with Crippen molar-refractivity contribution in [2.75, 3.05) is 18.6 Å². The van der Waals surface area contributed by atoms with Crippen molar-refractivity contribution in [1.82, 2.24) is 16.0 Å². The Bertz CT molecular complexity index is 315. The van der Waals surface area contributed by atoms with E-state index in [1.54, 1.807) is 11.8 Å². The Morgan fingerprint density at radius 1 is 1.44 bits per heavy atom. The molecule has 7 heteroatoms. The van der Waals surface area contributed by atoms with Gasteiger partial charge in [-0.3, -0.25) is 4.79 Å². The molecule has 102 valence electrons. The number of nitrogens with zero attached hydrogens (tertiary/aromatic N) is 1. The first-order valence-corrected chi connectivity index (χ1v) is 7.52. The van der Waals surface area contributed by atoms with Crippen LogP contribution in [-0.4, -0.2) is 41.7 Å². The summed E-state index contributed by atoms with van der Waals surface area (Å²) in [5.41, 5.74) is 0. The average molecular weight is 288 g/mol. The third-order valence-electron chi connectivity index (χ3n) is 1.91. The summed E-state index contributed by atoms with van der Waals surface area (Å²) < 4.78 is 0. The molecule has 0 saturated heterocycles. The molecule has 0 spiro atoms. The maximum absolute atomic E-state index is 11.8. The first-order valence-electron chi connectivity index (χ1n) is 5.71. The van der Waals surface area contributed by atoms with Crippen molar-refractivity contribution in [3.05, 3.63) is 0 Å². The van der Waals surface area contributed by atoms with E-state index < -0.39 is 0 Å². The molecule has 1 atom stereocenters. The minimum atomic E-state index is -0.377. The van der Waals surface area contributed by atoms with Crippen LogP contribution in [0.25, 0.3) is 0 Å². The molecule has 0 saturated carbocycles. The minimum Gasteiger partial charge on any atom is -0.361 e. The first kappa shape index (κ1) is 17.0. The zero-order valence-electron chi connectivity index (χ0n) is 10.9. The molecule has 0 aromatic carbocycles. The highest BCUT2D eigenvalue weighted by Gasteiger charge is 2.18. The third kappa shape index (κ3) is 8.14. The molecule has 0 aliphatic rings. The van der Waals surface area contributed by atoms with Gasteiger partial charge in [-0.15, -0.1) is 0 Å². The van der Waals surface area contributed by atoms with E-state index in [4.69, 9.17) is 17.5 Å². The molecule has 0 aliphatic heterocycles. The van der Waals surface area contributed by atoms with Gasteiger partial charge in [0.2, 0.25) is 5.91 Å². The molecule has 0 fully saturated rings. The van der Waals surface area contributed by atoms with Crippen LogP contribution in [0.3, 0.4) is 0 Å². The number of nitrogens with one attached hydrogen (secondary N) is 3. The van der Waals surface area contributed by atoms with Gasteiger partial charge < -0.3 is 16.0 Å². The van der Waals surface area contributed by atoms with E-state index >= 15 is 0 Å². The van der Waals surface area contributed by atoms with Gasteiger partial charge in [0, 0.05) is 18.3 Å². The number of thiocarbonyl (C=S) groups is 1. The fraction of sp³-hybridized carbons (Fsp3) is 0.727. The van der Waals surface area contributed by atoms with E-state index in [2.05, 4.69) is 16.0 Å². The second kappa shape index (κ2) is 9.97. The van der Waals surface area contributed by atoms with Crippen LogP contribution >= 0.6 is 24.0 Å². The van der Waals surface area contributed by atoms with Gasteiger partial charge in [0.15, 0.2) is 5.11 Å². The molecule has 0 aromatic heterocycles. The molecule has 1 amide bonds. The minimum absolute atomic E-state index is 0.132. The van der Waals surface area contributed by atoms with Crippen molar-refractivity contribution >= 4 is 35.0 Å². The topological polar surface area (TPSA) is 76.9 Å². The van der Waals surface area contributed by atoms with Crippen LogP contribution in [0.1, 0.15) is 20.3 Å². The second-order valence-corrected chi connectivity index (χ2v) is 5.30. The average Bonchev–Trinajstić information content (AvgIpc) is 2.27. The molecule has 0 radical (unpaired) electrons. The summed E-state index contributed by atoms with van der Waals surface area (Å²) in [7, 11) is 0. The molecular weight excluding hydrogens is 268 g/mol. The molecular formula is C11H20N4OS2. The monoisotopic (exact) mass is 288 g/mol. The highest BCUT2D eigenvalue weighted by atomic mass is 32.2. The SMILES string of the molecule is CSCC(NC(=S)NC(C)C)C(=O)NCCC#N. The molecule has 18 heavy (non-hydrogen) atoms. The van der Waals surface area contributed by atoms with Crippen LogP contribution in [-0.2, 0) is 4.79 Å². The summed E-state index contributed by atoms with van der Waals surface area (Å²) in [4.78, 5) is 11.8. The third-order valence-corrected chi connectivity index (χ3v) is 2.81. The van der Waals surface area contributed by atoms with Crippen molar-refractivity contribution in [3.8, 4) is 6.07 Å². The smallest absolute Gasteiger partial charge is 0.243 e. The van der Waals surface area contributed by atoms with Crippen molar-refractivity contribution in [1.29, 1.82) is 5.26 Å². The lowest BCUT2D eigenvalue weighted by Gasteiger charge is -2.20. The summed E-state index contributed by atoms with van der Waals surface area (Å²) in [6.45, 7) is 4.32. The number of nitriles is 1. The first-order chi connectivity index (χ1) is 8.51. The van der Waals surface area contributed by atoms with Crippen molar-refractivity contribution in [3.63, 3.8) is 0 Å². The Balaban J connectivity index is 4.24. The molecule has 0 rings (SSSR count). The Morgan fingerprint density at radius 3 is 2.61 bits per heavy atom. The summed E-state index contributed by atoms with van der Waals surface area (Å²) in [5, 5.41) is 17.6. The number of carbonyl (C=O) groups excluding carboxylic acids is 1. The van der Waals surface area contributed by atoms with Crippen molar-refractivity contribution < 1.29 is 4.79 Å². The van der Waals surface area contributed by atoms with Gasteiger partial charge in [-0.25, -0.2) is 0 Å². The van der Waals surface area contributed by atoms with Crippen LogP contribution in [0.4, 0.5) is 0 Å². The standard InChI is InChI=1S/C11H20N4OS2/c1-8(2)14-11(17)15-9(7-18-3)10(16)13-6-4-5-12/h8-9H,4,6-7H2,1-3H3,(H,13,16)(H2,14,15,17). The second-order valence-electron chi connectivity index (χ2n) is 3.98. The largest absolute Gasteiger partial charge is 0.361 e. The van der Waals surface area contributed by atoms with E-state index in [1.165, 1.54) is 0 Å². The Morgan fingerprint density at radius 2 is 2.11 bits per heavy atom. The predicted molar refractivity (Wildman–Crippen MR) is 79.4 cm³/mol. The summed E-state index contributed by atoms with van der Waals surface area (Å²) in [6.07, 6.45) is 2.24. The molecule has 0 aromatic rings. The van der Waals surface area contributed by atoms with E-state index in [0.29, 0.717) is 23.8 Å². The van der Waals surface area contributed by atoms with Gasteiger partial charge in [0.1, 0.15) is 6.04 Å². The Kier molecular flexibility index (Phi) is 9.42. The molecule has 5 nitrogen and oxygen atoms in total. The van der Waals surface area contributed by atoms with Crippen LogP contribution in [0, 0.1) is 11.3 Å². The fourth-order valence-corrected chi connectivity index (χ4v) is 2.12. The van der Waals surface area contributed by atoms with Gasteiger partial charge in [-0.05, 0) is 32.3 Å². The molecule has 0 aliphatic carbocycles. The zero-order valence-corrected chi connectivity index (χ0v) is 12.6. The van der Waals surface area contributed by atoms with E-state index in [-0.39, 0.29) is 18.0 Å². The molecule has 0 heterocycles. The normalized spacial score (nSPS) is 11.5. The lowest BCUT2D eigenvalue weighted by atomic mass is 10.3. The van der Waals surface area contributed by atoms with Gasteiger partial charge in [-0.1, -0.05) is 0 Å². The van der Waals surface area contributed by atoms with Gasteiger partial charge >= 0.3 is 0 Å². The lowest BCUT2D eigenvalue weighted by molar-refractivity contribution is -0.122. The quantitative estimate of drug-likeness (QED) is 0.471. The molecule has 1 unspecified atom stereocenters. The highest BCUT2D eigenvalue weighted by Crippen LogP contribution is 1.98. The number of thioether (sulfide) groups is 1. The lowest BCUT2D eigenvalue weighted by Crippen LogP contribution is -2.52. The number of hydrogen-bond acceptors (Lipinski definition) is 4. The van der Waals surface area contributed by atoms with E-state index in [0.717, 1.165) is 0 Å². The van der Waals surface area contributed by atoms with Crippen LogP contribution in [0.5, 0.6) is 0 Å². The fourth-order valence-electron chi connectivity index (χ4n) is 1.18. The van der Waals surface area contributed by atoms with Gasteiger partial charge in [-0.2, -0.15) is 17.0 Å². The number of hydrogen-bond donors (Lipinski definition) is 3. The number of amides is 1. The Labute approximate surface area is 118 Å². The highest BCUT2D eigenvalue weighted by molar-refractivity contribution is 7.98. The van der Waals surface area contributed by atoms with Gasteiger partial charge in [0.05, 0.1) is 12.5 Å². The number of carbonyl (C=O) groups is 1. The zero-order chi connectivity index (χ0) is 14.0. The van der Waals surface area contributed by atoms with Crippen molar-refractivity contribution in [2.45, 2.75) is 32.4 Å². The summed E-state index contributed by atoms with van der Waals surface area (Å²) >= 11 is 6.67.